The molecule has 1 atom stereocenters. The molecule has 4 nitrogen and oxygen atoms in total. The lowest BCUT2D eigenvalue weighted by Gasteiger charge is -2.42. The largest absolute Gasteiger partial charge is 0.508 e. The van der Waals surface area contributed by atoms with Crippen LogP contribution in [0, 0.1) is 5.41 Å². The van der Waals surface area contributed by atoms with Crippen LogP contribution in [0.3, 0.4) is 0 Å². The van der Waals surface area contributed by atoms with Crippen LogP contribution in [0.1, 0.15) is 32.4 Å². The maximum atomic E-state index is 9.72. The minimum atomic E-state index is 0.0393. The molecule has 0 saturated carbocycles. The molecule has 106 valence electrons. The van der Waals surface area contributed by atoms with Crippen LogP contribution in [0.25, 0.3) is 0 Å². The van der Waals surface area contributed by atoms with E-state index in [9.17, 15) is 10.2 Å². The Balaban J connectivity index is 2.36. The van der Waals surface area contributed by atoms with Crippen LogP contribution in [0.2, 0.25) is 0 Å². The molecular formula is C15H24N2O2. The van der Waals surface area contributed by atoms with Crippen molar-refractivity contribution in [1.82, 2.24) is 10.2 Å². The van der Waals surface area contributed by atoms with E-state index in [2.05, 4.69) is 31.0 Å². The van der Waals surface area contributed by atoms with Crippen molar-refractivity contribution < 1.29 is 10.2 Å². The lowest BCUT2D eigenvalue weighted by Crippen LogP contribution is -2.48. The van der Waals surface area contributed by atoms with Crippen molar-refractivity contribution in [2.24, 2.45) is 5.41 Å². The Bertz CT molecular complexity index is 414. The van der Waals surface area contributed by atoms with Crippen molar-refractivity contribution in [2.45, 2.75) is 26.8 Å². The second-order valence-electron chi connectivity index (χ2n) is 6.34. The van der Waals surface area contributed by atoms with Crippen LogP contribution in [-0.4, -0.2) is 41.3 Å². The van der Waals surface area contributed by atoms with Crippen LogP contribution in [0.4, 0.5) is 0 Å². The minimum Gasteiger partial charge on any atom is -0.508 e. The molecule has 1 saturated heterocycles. The first-order chi connectivity index (χ1) is 8.88. The summed E-state index contributed by atoms with van der Waals surface area (Å²) in [5.41, 5.74) is 1.02. The summed E-state index contributed by atoms with van der Waals surface area (Å²) in [7, 11) is 0. The van der Waals surface area contributed by atoms with Crippen molar-refractivity contribution in [1.29, 1.82) is 0 Å². The molecule has 4 heteroatoms. The number of rotatable bonds is 2. The van der Waals surface area contributed by atoms with Crippen LogP contribution in [-0.2, 0) is 0 Å². The summed E-state index contributed by atoms with van der Waals surface area (Å²) in [4.78, 5) is 2.42. The van der Waals surface area contributed by atoms with Gasteiger partial charge in [0.25, 0.3) is 0 Å². The number of benzene rings is 1. The number of aromatic hydroxyl groups is 2. The summed E-state index contributed by atoms with van der Waals surface area (Å²) in [6.07, 6.45) is 0. The predicted octanol–water partition coefficient (Wildman–Crippen LogP) is 2.09. The van der Waals surface area contributed by atoms with Crippen LogP contribution < -0.4 is 5.32 Å². The van der Waals surface area contributed by atoms with Gasteiger partial charge in [-0.3, -0.25) is 4.90 Å². The van der Waals surface area contributed by atoms with Gasteiger partial charge in [0.05, 0.1) is 0 Å². The molecule has 0 spiro atoms. The lowest BCUT2D eigenvalue weighted by atomic mass is 9.81. The number of hydrogen-bond donors (Lipinski definition) is 3. The second kappa shape index (κ2) is 5.39. The van der Waals surface area contributed by atoms with Gasteiger partial charge in [0, 0.05) is 38.3 Å². The predicted molar refractivity (Wildman–Crippen MR) is 76.4 cm³/mol. The van der Waals surface area contributed by atoms with Crippen molar-refractivity contribution >= 4 is 0 Å². The summed E-state index contributed by atoms with van der Waals surface area (Å²) < 4.78 is 0. The first kappa shape index (κ1) is 14.2. The average molecular weight is 264 g/mol. The number of piperazine rings is 1. The summed E-state index contributed by atoms with van der Waals surface area (Å²) in [6, 6.07) is 5.09. The molecule has 1 aromatic carbocycles. The monoisotopic (exact) mass is 264 g/mol. The summed E-state index contributed by atoms with van der Waals surface area (Å²) in [6.45, 7) is 10.5. The van der Waals surface area contributed by atoms with E-state index in [1.807, 2.05) is 0 Å². The smallest absolute Gasteiger partial charge is 0.119 e. The van der Waals surface area contributed by atoms with Crippen molar-refractivity contribution in [3.63, 3.8) is 0 Å². The van der Waals surface area contributed by atoms with Gasteiger partial charge in [0.1, 0.15) is 11.5 Å². The third-order valence-corrected chi connectivity index (χ3v) is 3.58. The van der Waals surface area contributed by atoms with Gasteiger partial charge in [0.2, 0.25) is 0 Å². The normalized spacial score (nSPS) is 19.3. The molecule has 1 heterocycles. The van der Waals surface area contributed by atoms with Gasteiger partial charge >= 0.3 is 0 Å². The first-order valence-electron chi connectivity index (χ1n) is 6.85. The van der Waals surface area contributed by atoms with E-state index >= 15 is 0 Å². The van der Waals surface area contributed by atoms with Gasteiger partial charge in [-0.1, -0.05) is 20.8 Å². The number of hydrogen-bond acceptors (Lipinski definition) is 4. The maximum Gasteiger partial charge on any atom is 0.119 e. The highest BCUT2D eigenvalue weighted by Gasteiger charge is 2.32. The molecule has 0 aliphatic carbocycles. The summed E-state index contributed by atoms with van der Waals surface area (Å²) >= 11 is 0. The fourth-order valence-corrected chi connectivity index (χ4v) is 2.97. The van der Waals surface area contributed by atoms with E-state index < -0.39 is 0 Å². The highest BCUT2D eigenvalue weighted by atomic mass is 16.3. The zero-order chi connectivity index (χ0) is 14.0. The quantitative estimate of drug-likeness (QED) is 0.765. The standard InChI is InChI=1S/C15H24N2O2/c1-15(2,3)14(17-6-4-16-5-7-17)11-8-12(18)10-13(19)9-11/h8-10,14,16,18-19H,4-7H2,1-3H3/t14-/m1/s1. The molecule has 0 aromatic heterocycles. The Morgan fingerprint density at radius 1 is 1.05 bits per heavy atom. The Kier molecular flexibility index (Phi) is 4.02. The van der Waals surface area contributed by atoms with Crippen molar-refractivity contribution in [3.05, 3.63) is 23.8 Å². The van der Waals surface area contributed by atoms with E-state index in [0.717, 1.165) is 31.7 Å². The number of nitrogens with zero attached hydrogens (tertiary/aromatic N) is 1. The molecule has 0 amide bonds. The Hall–Kier alpha value is -1.26. The highest BCUT2D eigenvalue weighted by molar-refractivity contribution is 5.38. The van der Waals surface area contributed by atoms with E-state index in [1.54, 1.807) is 12.1 Å². The molecule has 0 radical (unpaired) electrons. The molecule has 0 bridgehead atoms. The molecule has 1 aliphatic rings. The topological polar surface area (TPSA) is 55.7 Å². The van der Waals surface area contributed by atoms with Gasteiger partial charge < -0.3 is 15.5 Å². The van der Waals surface area contributed by atoms with E-state index in [0.29, 0.717) is 0 Å². The minimum absolute atomic E-state index is 0.0393. The number of nitrogens with one attached hydrogen (secondary N) is 1. The van der Waals surface area contributed by atoms with E-state index in [1.165, 1.54) is 6.07 Å². The molecule has 2 rings (SSSR count). The molecule has 1 aromatic rings. The van der Waals surface area contributed by atoms with Crippen LogP contribution in [0.15, 0.2) is 18.2 Å². The molecule has 19 heavy (non-hydrogen) atoms. The molecule has 3 N–H and O–H groups in total. The van der Waals surface area contributed by atoms with E-state index in [4.69, 9.17) is 0 Å². The highest BCUT2D eigenvalue weighted by Crippen LogP contribution is 2.40. The zero-order valence-corrected chi connectivity index (χ0v) is 12.0. The SMILES string of the molecule is CC(C)(C)[C@@H](c1cc(O)cc(O)c1)N1CCNCC1. The van der Waals surface area contributed by atoms with Gasteiger partial charge in [-0.15, -0.1) is 0 Å². The van der Waals surface area contributed by atoms with Gasteiger partial charge in [0.15, 0.2) is 0 Å². The lowest BCUT2D eigenvalue weighted by molar-refractivity contribution is 0.0859. The third-order valence-electron chi connectivity index (χ3n) is 3.58. The van der Waals surface area contributed by atoms with Gasteiger partial charge in [-0.2, -0.15) is 0 Å². The van der Waals surface area contributed by atoms with Crippen LogP contribution in [0.5, 0.6) is 11.5 Å². The average Bonchev–Trinajstić information content (AvgIpc) is 2.27. The fourth-order valence-electron chi connectivity index (χ4n) is 2.97. The Labute approximate surface area is 115 Å². The zero-order valence-electron chi connectivity index (χ0n) is 12.0. The summed E-state index contributed by atoms with van der Waals surface area (Å²) in [5.74, 6) is 0.249. The van der Waals surface area contributed by atoms with E-state index in [-0.39, 0.29) is 23.0 Å². The number of phenols is 2. The third kappa shape index (κ3) is 3.39. The molecule has 1 fully saturated rings. The van der Waals surface area contributed by atoms with Crippen molar-refractivity contribution in [2.75, 3.05) is 26.2 Å². The molecular weight excluding hydrogens is 240 g/mol. The number of phenolic OH excluding ortho intramolecular Hbond substituents is 2. The van der Waals surface area contributed by atoms with Gasteiger partial charge in [-0.25, -0.2) is 0 Å². The fraction of sp³-hybridized carbons (Fsp3) is 0.600. The summed E-state index contributed by atoms with van der Waals surface area (Å²) in [5, 5.41) is 22.8. The molecule has 1 aliphatic heterocycles. The molecule has 0 unspecified atom stereocenters. The van der Waals surface area contributed by atoms with Crippen LogP contribution >= 0.6 is 0 Å². The Morgan fingerprint density at radius 3 is 2.05 bits per heavy atom. The van der Waals surface area contributed by atoms with Crippen molar-refractivity contribution in [3.8, 4) is 11.5 Å². The maximum absolute atomic E-state index is 9.72. The second-order valence-corrected chi connectivity index (χ2v) is 6.34. The van der Waals surface area contributed by atoms with Gasteiger partial charge in [-0.05, 0) is 23.1 Å². The first-order valence-corrected chi connectivity index (χ1v) is 6.85. The Morgan fingerprint density at radius 2 is 1.58 bits per heavy atom.